The maximum atomic E-state index is 9.35. The predicted octanol–water partition coefficient (Wildman–Crippen LogP) is 4.70. The van der Waals surface area contributed by atoms with Crippen LogP contribution in [0.25, 0.3) is 0 Å². The van der Waals surface area contributed by atoms with E-state index in [1.807, 2.05) is 48.5 Å². The molecule has 0 amide bonds. The minimum Gasteiger partial charge on any atom is -0.508 e. The molecule has 0 spiro atoms. The molecular formula is C20H18O2. The van der Waals surface area contributed by atoms with E-state index in [0.29, 0.717) is 6.61 Å². The molecule has 0 aliphatic heterocycles. The number of phenols is 1. The standard InChI is InChI=1S/C20H18O2/c21-19-13-11-16(12-14-19)15-22-20(17-7-3-1-4-8-17)18-9-5-2-6-10-18/h1-14,20-21H,15H2. The van der Waals surface area contributed by atoms with E-state index in [1.165, 1.54) is 0 Å². The van der Waals surface area contributed by atoms with E-state index in [4.69, 9.17) is 4.74 Å². The normalized spacial score (nSPS) is 10.8. The van der Waals surface area contributed by atoms with E-state index < -0.39 is 0 Å². The SMILES string of the molecule is Oc1ccc(COC(c2ccccc2)c2ccccc2)cc1. The first kappa shape index (κ1) is 14.4. The average molecular weight is 290 g/mol. The maximum Gasteiger partial charge on any atom is 0.115 e. The smallest absolute Gasteiger partial charge is 0.115 e. The van der Waals surface area contributed by atoms with Crippen molar-refractivity contribution in [2.75, 3.05) is 0 Å². The lowest BCUT2D eigenvalue weighted by molar-refractivity contribution is 0.0667. The third kappa shape index (κ3) is 3.54. The fraction of sp³-hybridized carbons (Fsp3) is 0.100. The van der Waals surface area contributed by atoms with Gasteiger partial charge in [-0.05, 0) is 28.8 Å². The number of rotatable bonds is 5. The molecule has 22 heavy (non-hydrogen) atoms. The number of aromatic hydroxyl groups is 1. The maximum absolute atomic E-state index is 9.35. The Morgan fingerprint density at radius 3 is 1.68 bits per heavy atom. The quantitative estimate of drug-likeness (QED) is 0.738. The molecule has 0 unspecified atom stereocenters. The summed E-state index contributed by atoms with van der Waals surface area (Å²) in [7, 11) is 0. The Balaban J connectivity index is 1.81. The van der Waals surface area contributed by atoms with Gasteiger partial charge in [0, 0.05) is 0 Å². The van der Waals surface area contributed by atoms with Crippen molar-refractivity contribution in [1.29, 1.82) is 0 Å². The van der Waals surface area contributed by atoms with Gasteiger partial charge in [0.1, 0.15) is 11.9 Å². The van der Waals surface area contributed by atoms with E-state index in [2.05, 4.69) is 24.3 Å². The van der Waals surface area contributed by atoms with E-state index in [1.54, 1.807) is 12.1 Å². The lowest BCUT2D eigenvalue weighted by Gasteiger charge is -2.19. The Morgan fingerprint density at radius 1 is 0.682 bits per heavy atom. The Hall–Kier alpha value is -2.58. The van der Waals surface area contributed by atoms with Crippen molar-refractivity contribution < 1.29 is 9.84 Å². The highest BCUT2D eigenvalue weighted by Gasteiger charge is 2.14. The molecule has 2 nitrogen and oxygen atoms in total. The van der Waals surface area contributed by atoms with Crippen LogP contribution in [0.2, 0.25) is 0 Å². The molecule has 0 bridgehead atoms. The van der Waals surface area contributed by atoms with Gasteiger partial charge in [0.15, 0.2) is 0 Å². The second-order valence-corrected chi connectivity index (χ2v) is 5.18. The van der Waals surface area contributed by atoms with Gasteiger partial charge in [-0.2, -0.15) is 0 Å². The molecule has 0 aromatic heterocycles. The van der Waals surface area contributed by atoms with Crippen molar-refractivity contribution >= 4 is 0 Å². The van der Waals surface area contributed by atoms with E-state index >= 15 is 0 Å². The molecule has 3 aromatic rings. The van der Waals surface area contributed by atoms with Crippen LogP contribution in [0.1, 0.15) is 22.8 Å². The number of hydrogen-bond donors (Lipinski definition) is 1. The van der Waals surface area contributed by atoms with Crippen LogP contribution >= 0.6 is 0 Å². The molecule has 0 heterocycles. The summed E-state index contributed by atoms with van der Waals surface area (Å²) in [5.74, 6) is 0.270. The summed E-state index contributed by atoms with van der Waals surface area (Å²) in [5, 5.41) is 9.35. The highest BCUT2D eigenvalue weighted by atomic mass is 16.5. The van der Waals surface area contributed by atoms with E-state index in [9.17, 15) is 5.11 Å². The van der Waals surface area contributed by atoms with Crippen molar-refractivity contribution in [2.45, 2.75) is 12.7 Å². The van der Waals surface area contributed by atoms with Gasteiger partial charge in [-0.1, -0.05) is 72.8 Å². The molecule has 0 atom stereocenters. The topological polar surface area (TPSA) is 29.5 Å². The van der Waals surface area contributed by atoms with Crippen LogP contribution in [-0.2, 0) is 11.3 Å². The molecule has 0 radical (unpaired) electrons. The first-order chi connectivity index (χ1) is 10.8. The van der Waals surface area contributed by atoms with E-state index in [-0.39, 0.29) is 11.9 Å². The molecule has 0 saturated heterocycles. The lowest BCUT2D eigenvalue weighted by Crippen LogP contribution is -2.06. The Kier molecular flexibility index (Phi) is 4.52. The molecule has 1 N–H and O–H groups in total. The second-order valence-electron chi connectivity index (χ2n) is 5.18. The van der Waals surface area contributed by atoms with Crippen molar-refractivity contribution in [3.63, 3.8) is 0 Å². The molecule has 2 heteroatoms. The molecule has 0 aliphatic rings. The van der Waals surface area contributed by atoms with Crippen LogP contribution in [0.15, 0.2) is 84.9 Å². The van der Waals surface area contributed by atoms with Crippen molar-refractivity contribution in [3.8, 4) is 5.75 Å². The predicted molar refractivity (Wildman–Crippen MR) is 87.6 cm³/mol. The zero-order chi connectivity index (χ0) is 15.2. The Morgan fingerprint density at radius 2 is 1.18 bits per heavy atom. The fourth-order valence-electron chi connectivity index (χ4n) is 2.41. The molecule has 110 valence electrons. The summed E-state index contributed by atoms with van der Waals surface area (Å²) in [6.07, 6.45) is -0.101. The van der Waals surface area contributed by atoms with Gasteiger partial charge < -0.3 is 9.84 Å². The second kappa shape index (κ2) is 6.92. The van der Waals surface area contributed by atoms with Gasteiger partial charge >= 0.3 is 0 Å². The zero-order valence-electron chi connectivity index (χ0n) is 12.2. The summed E-state index contributed by atoms with van der Waals surface area (Å²) >= 11 is 0. The van der Waals surface area contributed by atoms with Crippen LogP contribution < -0.4 is 0 Å². The van der Waals surface area contributed by atoms with Crippen molar-refractivity contribution in [1.82, 2.24) is 0 Å². The zero-order valence-corrected chi connectivity index (χ0v) is 12.2. The first-order valence-electron chi connectivity index (χ1n) is 7.32. The fourth-order valence-corrected chi connectivity index (χ4v) is 2.41. The summed E-state index contributed by atoms with van der Waals surface area (Å²) < 4.78 is 6.16. The Labute approximate surface area is 130 Å². The van der Waals surface area contributed by atoms with Crippen molar-refractivity contribution in [2.24, 2.45) is 0 Å². The van der Waals surface area contributed by atoms with Gasteiger partial charge in [-0.25, -0.2) is 0 Å². The summed E-state index contributed by atoms with van der Waals surface area (Å²) in [5.41, 5.74) is 3.30. The molecule has 3 rings (SSSR count). The number of hydrogen-bond acceptors (Lipinski definition) is 2. The summed E-state index contributed by atoms with van der Waals surface area (Å²) in [6, 6.07) is 27.5. The number of ether oxygens (including phenoxy) is 1. The van der Waals surface area contributed by atoms with Crippen LogP contribution in [0.5, 0.6) is 5.75 Å². The van der Waals surface area contributed by atoms with Gasteiger partial charge in [0.2, 0.25) is 0 Å². The van der Waals surface area contributed by atoms with Crippen LogP contribution in [-0.4, -0.2) is 5.11 Å². The van der Waals surface area contributed by atoms with E-state index in [0.717, 1.165) is 16.7 Å². The highest BCUT2D eigenvalue weighted by molar-refractivity contribution is 5.30. The number of phenolic OH excluding ortho intramolecular Hbond substituents is 1. The third-order valence-electron chi connectivity index (χ3n) is 3.56. The van der Waals surface area contributed by atoms with Gasteiger partial charge in [-0.15, -0.1) is 0 Å². The van der Waals surface area contributed by atoms with Gasteiger partial charge in [-0.3, -0.25) is 0 Å². The minimum absolute atomic E-state index is 0.101. The molecule has 0 aliphatic carbocycles. The third-order valence-corrected chi connectivity index (χ3v) is 3.56. The van der Waals surface area contributed by atoms with Crippen LogP contribution in [0.4, 0.5) is 0 Å². The summed E-state index contributed by atoms with van der Waals surface area (Å²) in [6.45, 7) is 0.495. The molecular weight excluding hydrogens is 272 g/mol. The van der Waals surface area contributed by atoms with Gasteiger partial charge in [0.05, 0.1) is 6.61 Å². The molecule has 0 fully saturated rings. The Bertz CT molecular complexity index is 651. The largest absolute Gasteiger partial charge is 0.508 e. The monoisotopic (exact) mass is 290 g/mol. The van der Waals surface area contributed by atoms with Crippen LogP contribution in [0.3, 0.4) is 0 Å². The minimum atomic E-state index is -0.101. The lowest BCUT2D eigenvalue weighted by atomic mass is 10.0. The number of benzene rings is 3. The van der Waals surface area contributed by atoms with Crippen molar-refractivity contribution in [3.05, 3.63) is 102 Å². The molecule has 0 saturated carbocycles. The molecule has 3 aromatic carbocycles. The average Bonchev–Trinajstić information content (AvgIpc) is 2.59. The van der Waals surface area contributed by atoms with Crippen LogP contribution in [0, 0.1) is 0 Å². The summed E-state index contributed by atoms with van der Waals surface area (Å²) in [4.78, 5) is 0. The first-order valence-corrected chi connectivity index (χ1v) is 7.32. The van der Waals surface area contributed by atoms with Gasteiger partial charge in [0.25, 0.3) is 0 Å². The highest BCUT2D eigenvalue weighted by Crippen LogP contribution is 2.27.